The van der Waals surface area contributed by atoms with Gasteiger partial charge in [-0.3, -0.25) is 9.59 Å². The highest BCUT2D eigenvalue weighted by atomic mass is 32.2. The average Bonchev–Trinajstić information content (AvgIpc) is 3.16. The van der Waals surface area contributed by atoms with Crippen LogP contribution in [0.3, 0.4) is 0 Å². The summed E-state index contributed by atoms with van der Waals surface area (Å²) < 4.78 is 27.3. The van der Waals surface area contributed by atoms with E-state index in [1.54, 1.807) is 21.3 Å². The van der Waals surface area contributed by atoms with E-state index in [2.05, 4.69) is 12.2 Å². The van der Waals surface area contributed by atoms with Crippen LogP contribution < -0.4 is 10.2 Å². The number of sulfonamides is 1. The number of carbonyl (C=O) groups is 2. The molecule has 170 valence electrons. The second-order valence-corrected chi connectivity index (χ2v) is 10.8. The first-order valence-corrected chi connectivity index (χ1v) is 12.5. The van der Waals surface area contributed by atoms with Gasteiger partial charge in [-0.05, 0) is 62.1 Å². The Bertz CT molecular complexity index is 1100. The Balaban J connectivity index is 1.40. The van der Waals surface area contributed by atoms with E-state index >= 15 is 0 Å². The van der Waals surface area contributed by atoms with Gasteiger partial charge in [-0.15, -0.1) is 0 Å². The monoisotopic (exact) mass is 455 g/mol. The van der Waals surface area contributed by atoms with Crippen molar-refractivity contribution in [2.45, 2.75) is 38.0 Å². The smallest absolute Gasteiger partial charge is 0.243 e. The van der Waals surface area contributed by atoms with Crippen LogP contribution in [0.1, 0.15) is 31.7 Å². The van der Waals surface area contributed by atoms with Crippen molar-refractivity contribution in [3.63, 3.8) is 0 Å². The largest absolute Gasteiger partial charge is 0.326 e. The zero-order valence-corrected chi connectivity index (χ0v) is 19.3. The molecule has 4 rings (SSSR count). The van der Waals surface area contributed by atoms with Crippen LogP contribution in [-0.2, 0) is 19.6 Å². The highest BCUT2D eigenvalue weighted by Crippen LogP contribution is 2.27. The van der Waals surface area contributed by atoms with Crippen molar-refractivity contribution >= 4 is 33.2 Å². The van der Waals surface area contributed by atoms with Gasteiger partial charge in [-0.25, -0.2) is 8.42 Å². The van der Waals surface area contributed by atoms with Crippen molar-refractivity contribution < 1.29 is 18.0 Å². The quantitative estimate of drug-likeness (QED) is 0.749. The molecule has 0 bridgehead atoms. The molecule has 2 fully saturated rings. The lowest BCUT2D eigenvalue weighted by Gasteiger charge is -2.30. The van der Waals surface area contributed by atoms with Gasteiger partial charge in [-0.2, -0.15) is 4.31 Å². The summed E-state index contributed by atoms with van der Waals surface area (Å²) in [5.41, 5.74) is 2.41. The Morgan fingerprint density at radius 3 is 2.38 bits per heavy atom. The molecule has 1 N–H and O–H groups in total. The SMILES string of the molecule is Cc1ccc(N2CC(C(=O)Nc3ccc(S(=O)(=O)N4CCCC(C)C4)cc3)CC2=O)cc1. The molecular weight excluding hydrogens is 426 g/mol. The number of aryl methyl sites for hydroxylation is 1. The minimum Gasteiger partial charge on any atom is -0.326 e. The second kappa shape index (κ2) is 9.03. The number of benzene rings is 2. The maximum atomic E-state index is 12.9. The van der Waals surface area contributed by atoms with Crippen molar-refractivity contribution in [3.05, 3.63) is 54.1 Å². The van der Waals surface area contributed by atoms with Crippen LogP contribution in [0.4, 0.5) is 11.4 Å². The number of amides is 2. The maximum Gasteiger partial charge on any atom is 0.243 e. The summed E-state index contributed by atoms with van der Waals surface area (Å²) in [6.07, 6.45) is 2.07. The van der Waals surface area contributed by atoms with Crippen LogP contribution in [-0.4, -0.2) is 44.2 Å². The first-order valence-electron chi connectivity index (χ1n) is 11.0. The summed E-state index contributed by atoms with van der Waals surface area (Å²) in [5, 5.41) is 2.82. The Morgan fingerprint density at radius 1 is 1.03 bits per heavy atom. The summed E-state index contributed by atoms with van der Waals surface area (Å²) in [4.78, 5) is 27.0. The van der Waals surface area contributed by atoms with E-state index in [1.165, 1.54) is 12.1 Å². The van der Waals surface area contributed by atoms with Crippen LogP contribution in [0.25, 0.3) is 0 Å². The van der Waals surface area contributed by atoms with Crippen molar-refractivity contribution in [1.29, 1.82) is 0 Å². The molecule has 7 nitrogen and oxygen atoms in total. The second-order valence-electron chi connectivity index (χ2n) is 8.87. The van der Waals surface area contributed by atoms with Crippen LogP contribution >= 0.6 is 0 Å². The molecule has 0 aliphatic carbocycles. The van der Waals surface area contributed by atoms with Gasteiger partial charge in [0.1, 0.15) is 0 Å². The van der Waals surface area contributed by atoms with Gasteiger partial charge in [0.2, 0.25) is 21.8 Å². The molecule has 2 amide bonds. The number of piperidine rings is 1. The van der Waals surface area contributed by atoms with Crippen molar-refractivity contribution in [2.24, 2.45) is 11.8 Å². The molecule has 0 saturated carbocycles. The normalized spacial score (nSPS) is 22.2. The summed E-state index contributed by atoms with van der Waals surface area (Å²) in [7, 11) is -3.53. The number of nitrogens with one attached hydrogen (secondary N) is 1. The zero-order chi connectivity index (χ0) is 22.9. The molecule has 2 saturated heterocycles. The number of carbonyl (C=O) groups excluding carboxylic acids is 2. The summed E-state index contributed by atoms with van der Waals surface area (Å²) in [6.45, 7) is 5.45. The highest BCUT2D eigenvalue weighted by Gasteiger charge is 2.35. The van der Waals surface area contributed by atoms with E-state index in [0.717, 1.165) is 24.1 Å². The van der Waals surface area contributed by atoms with Crippen LogP contribution in [0.15, 0.2) is 53.4 Å². The third kappa shape index (κ3) is 4.71. The van der Waals surface area contributed by atoms with Gasteiger partial charge in [-0.1, -0.05) is 24.6 Å². The molecule has 0 aromatic heterocycles. The number of hydrogen-bond acceptors (Lipinski definition) is 4. The van der Waals surface area contributed by atoms with E-state index in [1.807, 2.05) is 31.2 Å². The van der Waals surface area contributed by atoms with Gasteiger partial charge >= 0.3 is 0 Å². The lowest BCUT2D eigenvalue weighted by atomic mass is 10.0. The van der Waals surface area contributed by atoms with Crippen LogP contribution in [0, 0.1) is 18.8 Å². The summed E-state index contributed by atoms with van der Waals surface area (Å²) in [6, 6.07) is 13.9. The van der Waals surface area contributed by atoms with E-state index < -0.39 is 15.9 Å². The topological polar surface area (TPSA) is 86.8 Å². The number of anilines is 2. The molecule has 2 unspecified atom stereocenters. The molecule has 0 radical (unpaired) electrons. The Labute approximate surface area is 189 Å². The summed E-state index contributed by atoms with van der Waals surface area (Å²) in [5.74, 6) is -0.424. The molecule has 2 aliphatic heterocycles. The van der Waals surface area contributed by atoms with E-state index in [4.69, 9.17) is 0 Å². The Kier molecular flexibility index (Phi) is 6.35. The third-order valence-corrected chi connectivity index (χ3v) is 8.10. The fourth-order valence-corrected chi connectivity index (χ4v) is 5.92. The fourth-order valence-electron chi connectivity index (χ4n) is 4.33. The molecule has 2 aromatic carbocycles. The number of rotatable bonds is 5. The van der Waals surface area contributed by atoms with Gasteiger partial charge in [0, 0.05) is 37.4 Å². The van der Waals surface area contributed by atoms with E-state index in [0.29, 0.717) is 31.2 Å². The summed E-state index contributed by atoms with van der Waals surface area (Å²) >= 11 is 0. The predicted octanol–water partition coefficient (Wildman–Crippen LogP) is 3.41. The fraction of sp³-hybridized carbons (Fsp3) is 0.417. The molecule has 2 aliphatic rings. The highest BCUT2D eigenvalue weighted by molar-refractivity contribution is 7.89. The standard InChI is InChI=1S/C24H29N3O4S/c1-17-5-9-21(10-6-17)27-16-19(14-23(27)28)24(29)25-20-7-11-22(12-8-20)32(30,31)26-13-3-4-18(2)15-26/h5-12,18-19H,3-4,13-16H2,1-2H3,(H,25,29). The first-order chi connectivity index (χ1) is 15.2. The molecular formula is C24H29N3O4S. The van der Waals surface area contributed by atoms with E-state index in [9.17, 15) is 18.0 Å². The lowest BCUT2D eigenvalue weighted by Crippen LogP contribution is -2.39. The lowest BCUT2D eigenvalue weighted by molar-refractivity contribution is -0.122. The van der Waals surface area contributed by atoms with Gasteiger partial charge in [0.05, 0.1) is 10.8 Å². The first kappa shape index (κ1) is 22.5. The molecule has 2 aromatic rings. The number of nitrogens with zero attached hydrogens (tertiary/aromatic N) is 2. The minimum absolute atomic E-state index is 0.0776. The Morgan fingerprint density at radius 2 is 1.72 bits per heavy atom. The molecule has 32 heavy (non-hydrogen) atoms. The molecule has 0 spiro atoms. The van der Waals surface area contributed by atoms with Crippen LogP contribution in [0.5, 0.6) is 0 Å². The van der Waals surface area contributed by atoms with Crippen molar-refractivity contribution in [1.82, 2.24) is 4.31 Å². The predicted molar refractivity (Wildman–Crippen MR) is 124 cm³/mol. The molecule has 2 atom stereocenters. The minimum atomic E-state index is -3.53. The number of hydrogen-bond donors (Lipinski definition) is 1. The van der Waals surface area contributed by atoms with Crippen molar-refractivity contribution in [2.75, 3.05) is 29.9 Å². The maximum absolute atomic E-state index is 12.9. The third-order valence-electron chi connectivity index (χ3n) is 6.22. The average molecular weight is 456 g/mol. The van der Waals surface area contributed by atoms with E-state index in [-0.39, 0.29) is 23.1 Å². The van der Waals surface area contributed by atoms with Gasteiger partial charge in [0.25, 0.3) is 0 Å². The van der Waals surface area contributed by atoms with Crippen molar-refractivity contribution in [3.8, 4) is 0 Å². The Hall–Kier alpha value is -2.71. The van der Waals surface area contributed by atoms with Gasteiger partial charge < -0.3 is 10.2 Å². The molecule has 8 heteroatoms. The molecule has 2 heterocycles. The van der Waals surface area contributed by atoms with Gasteiger partial charge in [0.15, 0.2) is 0 Å². The zero-order valence-electron chi connectivity index (χ0n) is 18.5. The van der Waals surface area contributed by atoms with Crippen LogP contribution in [0.2, 0.25) is 0 Å².